The molecule has 2 aromatic rings. The number of ether oxygens (including phenoxy) is 4. The van der Waals surface area contributed by atoms with E-state index in [0.717, 1.165) is 30.4 Å². The molecule has 0 radical (unpaired) electrons. The molecule has 2 fully saturated rings. The number of rotatable bonds is 4. The van der Waals surface area contributed by atoms with Crippen LogP contribution in [0.2, 0.25) is 0 Å². The van der Waals surface area contributed by atoms with Gasteiger partial charge in [-0.3, -0.25) is 9.59 Å². The van der Waals surface area contributed by atoms with Crippen LogP contribution in [0.15, 0.2) is 42.5 Å². The van der Waals surface area contributed by atoms with Gasteiger partial charge in [0.25, 0.3) is 0 Å². The summed E-state index contributed by atoms with van der Waals surface area (Å²) in [5.41, 5.74) is 1.54. The fraction of sp³-hybridized carbons (Fsp3) is 0.517. The fourth-order valence-corrected chi connectivity index (χ4v) is 5.61. The van der Waals surface area contributed by atoms with Gasteiger partial charge in [0.05, 0.1) is 37.9 Å². The molecular weight excluding hydrogens is 472 g/mol. The fourth-order valence-electron chi connectivity index (χ4n) is 5.61. The van der Waals surface area contributed by atoms with Crippen LogP contribution in [0.5, 0.6) is 17.2 Å². The third-order valence-electron chi connectivity index (χ3n) is 7.83. The highest BCUT2D eigenvalue weighted by atomic mass is 16.5. The van der Waals surface area contributed by atoms with Crippen LogP contribution in [0.4, 0.5) is 0 Å². The van der Waals surface area contributed by atoms with E-state index < -0.39 is 5.41 Å². The van der Waals surface area contributed by atoms with Crippen molar-refractivity contribution in [1.82, 2.24) is 10.2 Å². The Morgan fingerprint density at radius 2 is 2.00 bits per heavy atom. The number of amides is 2. The summed E-state index contributed by atoms with van der Waals surface area (Å²) in [5, 5.41) is 3.18. The molecule has 2 aliphatic heterocycles. The maximum atomic E-state index is 13.5. The van der Waals surface area contributed by atoms with E-state index >= 15 is 0 Å². The molecule has 1 aliphatic carbocycles. The van der Waals surface area contributed by atoms with Gasteiger partial charge in [0.15, 0.2) is 11.5 Å². The topological polar surface area (TPSA) is 86.3 Å². The number of carbonyl (C=O) groups is 2. The molecule has 5 rings (SSSR count). The van der Waals surface area contributed by atoms with Crippen LogP contribution in [0.25, 0.3) is 0 Å². The van der Waals surface area contributed by atoms with Gasteiger partial charge in [0.1, 0.15) is 5.75 Å². The molecule has 8 nitrogen and oxygen atoms in total. The van der Waals surface area contributed by atoms with Gasteiger partial charge in [0.2, 0.25) is 11.8 Å². The van der Waals surface area contributed by atoms with Crippen molar-refractivity contribution in [1.29, 1.82) is 0 Å². The number of benzene rings is 2. The van der Waals surface area contributed by atoms with Crippen LogP contribution < -0.4 is 14.8 Å². The molecule has 0 unspecified atom stereocenters. The van der Waals surface area contributed by atoms with E-state index in [0.29, 0.717) is 62.8 Å². The van der Waals surface area contributed by atoms with E-state index in [1.165, 1.54) is 0 Å². The summed E-state index contributed by atoms with van der Waals surface area (Å²) in [6, 6.07) is 13.3. The standard InChI is InChI=1S/C29H36N2O6/c1-34-19-29(12-4-13-29)28(33)31-14-11-24-23(17-31)30-27(32)10-8-20-7-9-25(35-2)26(16-20)37-22-6-3-5-21(15-22)18-36-24/h3,5-7,9,15-16,23-24H,4,8,10-14,17-19H2,1-2H3,(H,30,32)/t23-,24+/m0/s1. The minimum absolute atomic E-state index is 0.0585. The van der Waals surface area contributed by atoms with Crippen LogP contribution in [-0.4, -0.2) is 62.8 Å². The van der Waals surface area contributed by atoms with Gasteiger partial charge in [-0.15, -0.1) is 0 Å². The predicted octanol–water partition coefficient (Wildman–Crippen LogP) is 3.85. The van der Waals surface area contributed by atoms with E-state index in [4.69, 9.17) is 18.9 Å². The second kappa shape index (κ2) is 11.1. The molecule has 0 aromatic heterocycles. The second-order valence-electron chi connectivity index (χ2n) is 10.4. The van der Waals surface area contributed by atoms with Gasteiger partial charge in [-0.1, -0.05) is 24.6 Å². The maximum Gasteiger partial charge on any atom is 0.231 e. The molecule has 1 saturated heterocycles. The number of nitrogens with zero attached hydrogens (tertiary/aromatic N) is 1. The number of likely N-dealkylation sites (tertiary alicyclic amines) is 1. The maximum absolute atomic E-state index is 13.5. The number of hydrogen-bond acceptors (Lipinski definition) is 6. The first kappa shape index (κ1) is 25.5. The van der Waals surface area contributed by atoms with E-state index in [2.05, 4.69) is 5.32 Å². The van der Waals surface area contributed by atoms with Crippen molar-refractivity contribution < 1.29 is 28.5 Å². The minimum atomic E-state index is -0.418. The Hall–Kier alpha value is -3.10. The summed E-state index contributed by atoms with van der Waals surface area (Å²) >= 11 is 0. The van der Waals surface area contributed by atoms with Crippen LogP contribution >= 0.6 is 0 Å². The molecule has 2 heterocycles. The lowest BCUT2D eigenvalue weighted by Gasteiger charge is -2.46. The number of piperidine rings is 1. The summed E-state index contributed by atoms with van der Waals surface area (Å²) < 4.78 is 23.4. The van der Waals surface area contributed by atoms with Crippen molar-refractivity contribution in [2.75, 3.05) is 33.9 Å². The molecule has 198 valence electrons. The first-order chi connectivity index (χ1) is 18.0. The number of fused-ring (bicyclic) bond motifs is 5. The van der Waals surface area contributed by atoms with Gasteiger partial charge in [0, 0.05) is 26.6 Å². The summed E-state index contributed by atoms with van der Waals surface area (Å²) in [4.78, 5) is 28.4. The summed E-state index contributed by atoms with van der Waals surface area (Å²) in [5.74, 6) is 2.02. The zero-order chi connectivity index (χ0) is 25.8. The highest BCUT2D eigenvalue weighted by Gasteiger charge is 2.48. The number of carbonyl (C=O) groups excluding carboxylic acids is 2. The lowest BCUT2D eigenvalue weighted by molar-refractivity contribution is -0.156. The lowest BCUT2D eigenvalue weighted by Crippen LogP contribution is -2.60. The zero-order valence-corrected chi connectivity index (χ0v) is 21.7. The van der Waals surface area contributed by atoms with Crippen LogP contribution in [0.1, 0.15) is 43.2 Å². The van der Waals surface area contributed by atoms with Crippen LogP contribution in [0, 0.1) is 5.41 Å². The second-order valence-corrected chi connectivity index (χ2v) is 10.4. The highest BCUT2D eigenvalue weighted by Crippen LogP contribution is 2.43. The van der Waals surface area contributed by atoms with E-state index in [1.54, 1.807) is 14.2 Å². The molecule has 2 atom stereocenters. The van der Waals surface area contributed by atoms with Gasteiger partial charge >= 0.3 is 0 Å². The van der Waals surface area contributed by atoms with Crippen molar-refractivity contribution in [3.8, 4) is 17.2 Å². The smallest absolute Gasteiger partial charge is 0.231 e. The van der Waals surface area contributed by atoms with Crippen molar-refractivity contribution >= 4 is 11.8 Å². The average Bonchev–Trinajstić information content (AvgIpc) is 2.88. The Balaban J connectivity index is 1.37. The molecular formula is C29H36N2O6. The lowest BCUT2D eigenvalue weighted by atomic mass is 9.68. The Morgan fingerprint density at radius 3 is 2.76 bits per heavy atom. The molecule has 8 heteroatoms. The largest absolute Gasteiger partial charge is 0.493 e. The zero-order valence-electron chi connectivity index (χ0n) is 21.7. The average molecular weight is 509 g/mol. The van der Waals surface area contributed by atoms with Crippen molar-refractivity contribution in [3.05, 3.63) is 53.6 Å². The third-order valence-corrected chi connectivity index (χ3v) is 7.83. The van der Waals surface area contributed by atoms with Crippen LogP contribution in [0.3, 0.4) is 0 Å². The Labute approximate surface area is 218 Å². The number of hydrogen-bond donors (Lipinski definition) is 1. The molecule has 3 aliphatic rings. The van der Waals surface area contributed by atoms with E-state index in [1.807, 2.05) is 47.4 Å². The Bertz CT molecular complexity index is 1130. The molecule has 1 N–H and O–H groups in total. The van der Waals surface area contributed by atoms with Crippen molar-refractivity contribution in [2.45, 2.75) is 57.3 Å². The first-order valence-electron chi connectivity index (χ1n) is 13.1. The Kier molecular flexibility index (Phi) is 7.67. The quantitative estimate of drug-likeness (QED) is 0.675. The molecule has 37 heavy (non-hydrogen) atoms. The summed E-state index contributed by atoms with van der Waals surface area (Å²) in [6.45, 7) is 1.88. The molecule has 0 spiro atoms. The third kappa shape index (κ3) is 5.60. The van der Waals surface area contributed by atoms with Crippen molar-refractivity contribution in [3.63, 3.8) is 0 Å². The molecule has 2 aromatic carbocycles. The van der Waals surface area contributed by atoms with Gasteiger partial charge in [-0.05, 0) is 61.1 Å². The molecule has 1 saturated carbocycles. The van der Waals surface area contributed by atoms with Gasteiger partial charge in [-0.25, -0.2) is 0 Å². The van der Waals surface area contributed by atoms with Crippen molar-refractivity contribution in [2.24, 2.45) is 5.41 Å². The Morgan fingerprint density at radius 1 is 1.14 bits per heavy atom. The molecule has 2 amide bonds. The molecule has 4 bridgehead atoms. The first-order valence-corrected chi connectivity index (χ1v) is 13.1. The predicted molar refractivity (Wildman–Crippen MR) is 138 cm³/mol. The van der Waals surface area contributed by atoms with Crippen LogP contribution in [-0.2, 0) is 32.1 Å². The SMILES string of the molecule is COCC1(C(=O)N2CC[C@H]3OCc4cccc(c4)Oc4cc(ccc4OC)CCC(=O)N[C@H]3C2)CCC1. The number of nitrogens with one attached hydrogen (secondary N) is 1. The number of aryl methyl sites for hydroxylation is 1. The van der Waals surface area contributed by atoms with E-state index in [-0.39, 0.29) is 24.0 Å². The monoisotopic (exact) mass is 508 g/mol. The van der Waals surface area contributed by atoms with E-state index in [9.17, 15) is 9.59 Å². The highest BCUT2D eigenvalue weighted by molar-refractivity contribution is 5.84. The summed E-state index contributed by atoms with van der Waals surface area (Å²) in [7, 11) is 3.26. The summed E-state index contributed by atoms with van der Waals surface area (Å²) in [6.07, 6.45) is 4.11. The van der Waals surface area contributed by atoms with Gasteiger partial charge in [-0.2, -0.15) is 0 Å². The minimum Gasteiger partial charge on any atom is -0.493 e. The normalized spacial score (nSPS) is 23.3. The van der Waals surface area contributed by atoms with Gasteiger partial charge < -0.3 is 29.2 Å². The number of methoxy groups -OCH3 is 2.